The van der Waals surface area contributed by atoms with E-state index in [1.807, 2.05) is 12.2 Å². The van der Waals surface area contributed by atoms with Crippen LogP contribution in [-0.2, 0) is 15.6 Å². The summed E-state index contributed by atoms with van der Waals surface area (Å²) in [7, 11) is 1.37. The highest BCUT2D eigenvalue weighted by atomic mass is 16.5. The van der Waals surface area contributed by atoms with Crippen molar-refractivity contribution >= 4 is 17.6 Å². The van der Waals surface area contributed by atoms with E-state index in [1.54, 1.807) is 12.1 Å². The maximum Gasteiger partial charge on any atom is 0.341 e. The molecule has 0 atom stereocenters. The number of fused-ring (bicyclic) bond motifs is 1. The van der Waals surface area contributed by atoms with Gasteiger partial charge in [-0.05, 0) is 65.0 Å². The van der Waals surface area contributed by atoms with Crippen molar-refractivity contribution in [2.24, 2.45) is 0 Å². The molecule has 1 aliphatic carbocycles. The van der Waals surface area contributed by atoms with Crippen molar-refractivity contribution < 1.29 is 13.9 Å². The normalized spacial score (nSPS) is 18.1. The quantitative estimate of drug-likeness (QED) is 0.448. The van der Waals surface area contributed by atoms with E-state index >= 15 is 0 Å². The van der Waals surface area contributed by atoms with Crippen molar-refractivity contribution in [2.75, 3.05) is 7.11 Å². The number of allylic oxidation sites excluding steroid dienone is 3. The molecule has 0 radical (unpaired) electrons. The Morgan fingerprint density at radius 1 is 1.07 bits per heavy atom. The summed E-state index contributed by atoms with van der Waals surface area (Å²) in [6.07, 6.45) is 9.67. The molecule has 0 spiro atoms. The minimum Gasteiger partial charge on any atom is -0.465 e. The number of rotatable bonds is 4. The second-order valence-electron chi connectivity index (χ2n) is 8.93. The van der Waals surface area contributed by atoms with Gasteiger partial charge in [-0.3, -0.25) is 0 Å². The summed E-state index contributed by atoms with van der Waals surface area (Å²) in [5.74, 6) is 0.109. The van der Waals surface area contributed by atoms with Gasteiger partial charge in [0.2, 0.25) is 0 Å². The Hall–Kier alpha value is -2.55. The molecule has 148 valence electrons. The Kier molecular flexibility index (Phi) is 5.38. The number of ether oxygens (including phenoxy) is 1. The van der Waals surface area contributed by atoms with Gasteiger partial charge in [0.25, 0.3) is 0 Å². The van der Waals surface area contributed by atoms with E-state index in [4.69, 9.17) is 9.15 Å². The van der Waals surface area contributed by atoms with E-state index < -0.39 is 5.97 Å². The summed E-state index contributed by atoms with van der Waals surface area (Å²) >= 11 is 0. The van der Waals surface area contributed by atoms with Gasteiger partial charge in [0.1, 0.15) is 11.3 Å². The summed E-state index contributed by atoms with van der Waals surface area (Å²) in [6, 6.07) is 8.49. The second kappa shape index (κ2) is 7.46. The molecule has 0 aliphatic heterocycles. The first kappa shape index (κ1) is 20.2. The predicted octanol–water partition coefficient (Wildman–Crippen LogP) is 6.53. The Morgan fingerprint density at radius 2 is 1.75 bits per heavy atom. The first-order valence-corrected chi connectivity index (χ1v) is 9.82. The SMILES string of the molecule is COC(=O)c1ccoc1/C=C/C=C(\C)c1ccc2c(c1)C(C)(C)CCC2(C)C. The molecule has 0 bridgehead atoms. The van der Waals surface area contributed by atoms with Crippen LogP contribution in [0.5, 0.6) is 0 Å². The first-order valence-electron chi connectivity index (χ1n) is 9.82. The third kappa shape index (κ3) is 3.84. The fourth-order valence-corrected chi connectivity index (χ4v) is 3.94. The van der Waals surface area contributed by atoms with Crippen molar-refractivity contribution in [1.82, 2.24) is 0 Å². The fraction of sp³-hybridized carbons (Fsp3) is 0.400. The fourth-order valence-electron chi connectivity index (χ4n) is 3.94. The van der Waals surface area contributed by atoms with Crippen molar-refractivity contribution in [3.63, 3.8) is 0 Å². The predicted molar refractivity (Wildman–Crippen MR) is 114 cm³/mol. The van der Waals surface area contributed by atoms with E-state index in [2.05, 4.69) is 52.8 Å². The zero-order valence-electron chi connectivity index (χ0n) is 17.8. The lowest BCUT2D eigenvalue weighted by Crippen LogP contribution is -2.33. The lowest BCUT2D eigenvalue weighted by Gasteiger charge is -2.42. The summed E-state index contributed by atoms with van der Waals surface area (Å²) in [5.41, 5.74) is 6.17. The van der Waals surface area contributed by atoms with Crippen LogP contribution in [-0.4, -0.2) is 13.1 Å². The Labute approximate surface area is 168 Å². The van der Waals surface area contributed by atoms with E-state index in [0.29, 0.717) is 11.3 Å². The van der Waals surface area contributed by atoms with Gasteiger partial charge >= 0.3 is 5.97 Å². The van der Waals surface area contributed by atoms with Crippen LogP contribution in [0.15, 0.2) is 47.1 Å². The number of benzene rings is 1. The topological polar surface area (TPSA) is 39.4 Å². The molecule has 0 unspecified atom stereocenters. The zero-order valence-corrected chi connectivity index (χ0v) is 17.8. The van der Waals surface area contributed by atoms with Crippen molar-refractivity contribution in [2.45, 2.75) is 58.3 Å². The van der Waals surface area contributed by atoms with E-state index in [-0.39, 0.29) is 10.8 Å². The van der Waals surface area contributed by atoms with E-state index in [1.165, 1.54) is 48.5 Å². The van der Waals surface area contributed by atoms with Crippen molar-refractivity contribution in [3.8, 4) is 0 Å². The second-order valence-corrected chi connectivity index (χ2v) is 8.93. The minimum absolute atomic E-state index is 0.195. The molecule has 3 rings (SSSR count). The standard InChI is InChI=1S/C25H30O3/c1-17(8-7-9-22-19(12-15-28-22)23(26)27-6)18-10-11-20-21(16-18)25(4,5)14-13-24(20,2)3/h7-12,15-16H,13-14H2,1-6H3/b9-7+,17-8+. The summed E-state index contributed by atoms with van der Waals surface area (Å²) in [4.78, 5) is 11.7. The van der Waals surface area contributed by atoms with Crippen molar-refractivity contribution in [3.05, 3.63) is 70.7 Å². The van der Waals surface area contributed by atoms with Crippen LogP contribution < -0.4 is 0 Å². The highest BCUT2D eigenvalue weighted by Crippen LogP contribution is 2.46. The number of hydrogen-bond acceptors (Lipinski definition) is 3. The highest BCUT2D eigenvalue weighted by Gasteiger charge is 2.36. The smallest absolute Gasteiger partial charge is 0.341 e. The van der Waals surface area contributed by atoms with Gasteiger partial charge in [-0.25, -0.2) is 4.79 Å². The number of carbonyl (C=O) groups is 1. The molecule has 28 heavy (non-hydrogen) atoms. The van der Waals surface area contributed by atoms with Crippen LogP contribution in [0.4, 0.5) is 0 Å². The third-order valence-corrected chi connectivity index (χ3v) is 6.00. The average molecular weight is 379 g/mol. The molecular formula is C25H30O3. The van der Waals surface area contributed by atoms with Gasteiger partial charge in [0, 0.05) is 0 Å². The van der Waals surface area contributed by atoms with E-state index in [0.717, 1.165) is 0 Å². The molecule has 0 saturated heterocycles. The van der Waals surface area contributed by atoms with Gasteiger partial charge in [-0.15, -0.1) is 0 Å². The number of esters is 1. The molecule has 1 aliphatic rings. The van der Waals surface area contributed by atoms with E-state index in [9.17, 15) is 4.79 Å². The molecule has 1 heterocycles. The number of hydrogen-bond donors (Lipinski definition) is 0. The summed E-state index contributed by atoms with van der Waals surface area (Å²) < 4.78 is 10.2. The Balaban J connectivity index is 1.88. The molecule has 2 aromatic rings. The number of methoxy groups -OCH3 is 1. The largest absolute Gasteiger partial charge is 0.465 e. The number of furan rings is 1. The Morgan fingerprint density at radius 3 is 2.43 bits per heavy atom. The van der Waals surface area contributed by atoms with Crippen LogP contribution >= 0.6 is 0 Å². The minimum atomic E-state index is -0.395. The number of carbonyl (C=O) groups excluding carboxylic acids is 1. The molecule has 3 heteroatoms. The van der Waals surface area contributed by atoms with Gasteiger partial charge in [-0.1, -0.05) is 58.0 Å². The Bertz CT molecular complexity index is 938. The molecule has 0 saturated carbocycles. The molecule has 3 nitrogen and oxygen atoms in total. The molecular weight excluding hydrogens is 348 g/mol. The molecule has 1 aromatic heterocycles. The maximum atomic E-state index is 11.7. The molecule has 0 N–H and O–H groups in total. The third-order valence-electron chi connectivity index (χ3n) is 6.00. The van der Waals surface area contributed by atoms with Crippen LogP contribution in [0.3, 0.4) is 0 Å². The van der Waals surface area contributed by atoms with Gasteiger partial charge in [0.15, 0.2) is 0 Å². The molecule has 1 aromatic carbocycles. The molecule has 0 amide bonds. The summed E-state index contributed by atoms with van der Waals surface area (Å²) in [6.45, 7) is 11.5. The van der Waals surface area contributed by atoms with Gasteiger partial charge < -0.3 is 9.15 Å². The highest BCUT2D eigenvalue weighted by molar-refractivity contribution is 5.92. The lowest BCUT2D eigenvalue weighted by molar-refractivity contribution is 0.0599. The monoisotopic (exact) mass is 378 g/mol. The first-order chi connectivity index (χ1) is 13.2. The van der Waals surface area contributed by atoms with Crippen LogP contribution in [0, 0.1) is 0 Å². The van der Waals surface area contributed by atoms with Crippen LogP contribution in [0.2, 0.25) is 0 Å². The molecule has 0 fully saturated rings. The van der Waals surface area contributed by atoms with Gasteiger partial charge in [-0.2, -0.15) is 0 Å². The van der Waals surface area contributed by atoms with Crippen LogP contribution in [0.25, 0.3) is 11.6 Å². The maximum absolute atomic E-state index is 11.7. The average Bonchev–Trinajstić information content (AvgIpc) is 3.13. The van der Waals surface area contributed by atoms with Crippen molar-refractivity contribution in [1.29, 1.82) is 0 Å². The van der Waals surface area contributed by atoms with Crippen LogP contribution in [0.1, 0.15) is 80.3 Å². The zero-order chi connectivity index (χ0) is 20.5. The van der Waals surface area contributed by atoms with Gasteiger partial charge in [0.05, 0.1) is 13.4 Å². The summed E-state index contributed by atoms with van der Waals surface area (Å²) in [5, 5.41) is 0. The lowest BCUT2D eigenvalue weighted by atomic mass is 9.63.